The Hall–Kier alpha value is -2.42. The van der Waals surface area contributed by atoms with Crippen molar-refractivity contribution in [3.05, 3.63) is 41.4 Å². The molecule has 1 aromatic heterocycles. The number of halogens is 1. The third-order valence-electron chi connectivity index (χ3n) is 4.08. The van der Waals surface area contributed by atoms with Crippen LogP contribution in [0.3, 0.4) is 0 Å². The van der Waals surface area contributed by atoms with Gasteiger partial charge < -0.3 is 20.3 Å². The van der Waals surface area contributed by atoms with Crippen LogP contribution in [-0.2, 0) is 4.74 Å². The van der Waals surface area contributed by atoms with Crippen molar-refractivity contribution in [3.63, 3.8) is 0 Å². The number of benzene rings is 2. The van der Waals surface area contributed by atoms with Crippen LogP contribution in [0.4, 0.5) is 17.1 Å². The summed E-state index contributed by atoms with van der Waals surface area (Å²) in [5.41, 5.74) is 3.82. The average molecular weight is 390 g/mol. The molecule has 0 bridgehead atoms. The minimum Gasteiger partial charge on any atom is -0.378 e. The van der Waals surface area contributed by atoms with Crippen molar-refractivity contribution in [1.29, 1.82) is 0 Å². The maximum absolute atomic E-state index is 6.00. The fraction of sp³-hybridized carbons (Fsp3) is 0.235. The minimum absolute atomic E-state index is 0.427. The molecule has 9 heteroatoms. The van der Waals surface area contributed by atoms with E-state index in [0.717, 1.165) is 30.2 Å². The normalized spacial score (nSPS) is 14.4. The molecular weight excluding hydrogens is 374 g/mol. The Balaban J connectivity index is 1.55. The topological polar surface area (TPSA) is 75.5 Å². The van der Waals surface area contributed by atoms with Crippen LogP contribution >= 0.6 is 23.8 Å². The maximum atomic E-state index is 6.00. The zero-order valence-electron chi connectivity index (χ0n) is 13.7. The fourth-order valence-electron chi connectivity index (χ4n) is 2.86. The van der Waals surface area contributed by atoms with Gasteiger partial charge in [-0.2, -0.15) is 0 Å². The van der Waals surface area contributed by atoms with Crippen molar-refractivity contribution >= 4 is 57.0 Å². The van der Waals surface area contributed by atoms with Crippen molar-refractivity contribution < 1.29 is 9.37 Å². The van der Waals surface area contributed by atoms with Gasteiger partial charge in [-0.05, 0) is 52.9 Å². The highest BCUT2D eigenvalue weighted by molar-refractivity contribution is 7.80. The van der Waals surface area contributed by atoms with Crippen LogP contribution in [0.2, 0.25) is 5.02 Å². The van der Waals surface area contributed by atoms with E-state index in [4.69, 9.17) is 33.2 Å². The lowest BCUT2D eigenvalue weighted by Crippen LogP contribution is -2.36. The van der Waals surface area contributed by atoms with Gasteiger partial charge in [0.2, 0.25) is 0 Å². The predicted molar refractivity (Wildman–Crippen MR) is 106 cm³/mol. The van der Waals surface area contributed by atoms with E-state index in [-0.39, 0.29) is 0 Å². The monoisotopic (exact) mass is 389 g/mol. The van der Waals surface area contributed by atoms with Gasteiger partial charge in [0.1, 0.15) is 0 Å². The van der Waals surface area contributed by atoms with Gasteiger partial charge in [0, 0.05) is 23.8 Å². The quantitative estimate of drug-likeness (QED) is 0.659. The largest absolute Gasteiger partial charge is 0.378 e. The number of ether oxygens (including phenoxy) is 1. The Kier molecular flexibility index (Phi) is 4.87. The van der Waals surface area contributed by atoms with Gasteiger partial charge in [0.05, 0.1) is 24.6 Å². The molecule has 3 aromatic rings. The molecule has 0 aliphatic carbocycles. The number of fused-ring (bicyclic) bond motifs is 1. The number of nitrogens with zero attached hydrogens (tertiary/aromatic N) is 3. The van der Waals surface area contributed by atoms with Gasteiger partial charge in [-0.1, -0.05) is 17.7 Å². The number of aromatic nitrogens is 2. The first kappa shape index (κ1) is 17.0. The SMILES string of the molecule is S=C(Nc1cccc(Cl)c1)Nc1ccc(N2CCOCC2)c2nonc12. The Morgan fingerprint density at radius 2 is 1.88 bits per heavy atom. The summed E-state index contributed by atoms with van der Waals surface area (Å²) < 4.78 is 10.4. The smallest absolute Gasteiger partial charge is 0.175 e. The highest BCUT2D eigenvalue weighted by Gasteiger charge is 2.19. The Morgan fingerprint density at radius 1 is 1.08 bits per heavy atom. The van der Waals surface area contributed by atoms with E-state index in [1.807, 2.05) is 24.3 Å². The van der Waals surface area contributed by atoms with Crippen LogP contribution in [0.5, 0.6) is 0 Å². The summed E-state index contributed by atoms with van der Waals surface area (Å²) in [5.74, 6) is 0. The van der Waals surface area contributed by atoms with Gasteiger partial charge in [-0.3, -0.25) is 0 Å². The second kappa shape index (κ2) is 7.45. The van der Waals surface area contributed by atoms with Crippen LogP contribution in [0.1, 0.15) is 0 Å². The van der Waals surface area contributed by atoms with E-state index in [0.29, 0.717) is 34.4 Å². The number of rotatable bonds is 3. The number of hydrogen-bond acceptors (Lipinski definition) is 6. The lowest BCUT2D eigenvalue weighted by Gasteiger charge is -2.28. The molecule has 1 fully saturated rings. The standard InChI is InChI=1S/C17H16ClN5O2S/c18-11-2-1-3-12(10-11)19-17(26)20-13-4-5-14(16-15(13)21-25-22-16)23-6-8-24-9-7-23/h1-5,10H,6-9H2,(H2,19,20,26). The molecule has 1 saturated heterocycles. The van der Waals surface area contributed by atoms with E-state index < -0.39 is 0 Å². The molecule has 0 saturated carbocycles. The summed E-state index contributed by atoms with van der Waals surface area (Å²) in [6, 6.07) is 11.2. The molecule has 1 aliphatic heterocycles. The van der Waals surface area contributed by atoms with Crippen LogP contribution in [0, 0.1) is 0 Å². The lowest BCUT2D eigenvalue weighted by atomic mass is 10.2. The molecule has 134 valence electrons. The molecule has 7 nitrogen and oxygen atoms in total. The predicted octanol–water partition coefficient (Wildman–Crippen LogP) is 3.52. The van der Waals surface area contributed by atoms with Gasteiger partial charge in [0.15, 0.2) is 16.1 Å². The van der Waals surface area contributed by atoms with Gasteiger partial charge in [-0.25, -0.2) is 4.63 Å². The van der Waals surface area contributed by atoms with Gasteiger partial charge >= 0.3 is 0 Å². The minimum atomic E-state index is 0.427. The van der Waals surface area contributed by atoms with Crippen molar-refractivity contribution in [3.8, 4) is 0 Å². The summed E-state index contributed by atoms with van der Waals surface area (Å²) in [7, 11) is 0. The van der Waals surface area contributed by atoms with E-state index in [2.05, 4.69) is 25.8 Å². The summed E-state index contributed by atoms with van der Waals surface area (Å²) in [6.45, 7) is 3.01. The van der Waals surface area contributed by atoms with Crippen LogP contribution < -0.4 is 15.5 Å². The molecule has 2 heterocycles. The highest BCUT2D eigenvalue weighted by atomic mass is 35.5. The zero-order chi connectivity index (χ0) is 17.9. The molecule has 0 radical (unpaired) electrons. The molecule has 1 aliphatic rings. The van der Waals surface area contributed by atoms with Crippen molar-refractivity contribution in [1.82, 2.24) is 10.3 Å². The lowest BCUT2D eigenvalue weighted by molar-refractivity contribution is 0.123. The average Bonchev–Trinajstić information content (AvgIpc) is 3.13. The molecule has 2 aromatic carbocycles. The Morgan fingerprint density at radius 3 is 2.69 bits per heavy atom. The first-order chi connectivity index (χ1) is 12.7. The Bertz CT molecular complexity index is 942. The van der Waals surface area contributed by atoms with E-state index in [1.165, 1.54) is 0 Å². The molecule has 2 N–H and O–H groups in total. The van der Waals surface area contributed by atoms with Crippen LogP contribution in [0.25, 0.3) is 11.0 Å². The highest BCUT2D eigenvalue weighted by Crippen LogP contribution is 2.30. The number of nitrogens with one attached hydrogen (secondary N) is 2. The van der Waals surface area contributed by atoms with E-state index in [1.54, 1.807) is 12.1 Å². The molecular formula is C17H16ClN5O2S. The number of anilines is 3. The summed E-state index contributed by atoms with van der Waals surface area (Å²) in [6.07, 6.45) is 0. The van der Waals surface area contributed by atoms with E-state index in [9.17, 15) is 0 Å². The molecule has 26 heavy (non-hydrogen) atoms. The molecule has 0 amide bonds. The number of hydrogen-bond donors (Lipinski definition) is 2. The third kappa shape index (κ3) is 3.57. The molecule has 0 atom stereocenters. The Labute approximate surface area is 160 Å². The van der Waals surface area contributed by atoms with Crippen molar-refractivity contribution in [2.45, 2.75) is 0 Å². The summed E-state index contributed by atoms with van der Waals surface area (Å²) >= 11 is 11.4. The van der Waals surface area contributed by atoms with Crippen molar-refractivity contribution in [2.75, 3.05) is 41.8 Å². The summed E-state index contributed by atoms with van der Waals surface area (Å²) in [5, 5.41) is 15.4. The first-order valence-corrected chi connectivity index (χ1v) is 8.91. The first-order valence-electron chi connectivity index (χ1n) is 8.12. The maximum Gasteiger partial charge on any atom is 0.175 e. The second-order valence-corrected chi connectivity index (χ2v) is 6.63. The molecule has 0 unspecified atom stereocenters. The van der Waals surface area contributed by atoms with Crippen LogP contribution in [0.15, 0.2) is 41.0 Å². The number of morpholine rings is 1. The summed E-state index contributed by atoms with van der Waals surface area (Å²) in [4.78, 5) is 2.21. The van der Waals surface area contributed by atoms with Gasteiger partial charge in [-0.15, -0.1) is 0 Å². The second-order valence-electron chi connectivity index (χ2n) is 5.78. The number of thiocarbonyl (C=S) groups is 1. The van der Waals surface area contributed by atoms with Gasteiger partial charge in [0.25, 0.3) is 0 Å². The van der Waals surface area contributed by atoms with Crippen molar-refractivity contribution in [2.24, 2.45) is 0 Å². The fourth-order valence-corrected chi connectivity index (χ4v) is 3.28. The zero-order valence-corrected chi connectivity index (χ0v) is 15.3. The third-order valence-corrected chi connectivity index (χ3v) is 4.52. The van der Waals surface area contributed by atoms with Crippen LogP contribution in [-0.4, -0.2) is 41.7 Å². The molecule has 4 rings (SSSR count). The van der Waals surface area contributed by atoms with E-state index >= 15 is 0 Å². The molecule has 0 spiro atoms.